The molecular formula is C144H99N3O3. The Labute approximate surface area is 906 Å². The topological polar surface area (TPSA) is 49.1 Å². The Morgan fingerprint density at radius 1 is 0.127 bits per heavy atom. The van der Waals surface area contributed by atoms with Gasteiger partial charge in [-0.05, 0) is 243 Å². The van der Waals surface area contributed by atoms with Crippen LogP contribution >= 0.6 is 0 Å². The van der Waals surface area contributed by atoms with Gasteiger partial charge in [-0.1, -0.05) is 491 Å². The third-order valence-electron chi connectivity index (χ3n) is 27.0. The molecule has 0 saturated heterocycles. The van der Waals surface area contributed by atoms with Crippen LogP contribution in [0, 0.1) is 0 Å². The van der Waals surface area contributed by atoms with Crippen molar-refractivity contribution in [2.45, 2.75) is 0 Å². The standard InChI is InChI=1S/3C48H33NO/c3*1-3-14-34(15-4-1)40-18-7-9-20-42(40)36-26-30-38(31-27-36)49(46-24-13-23-45-44-22-11-12-25-47(44)50-48(45)46)39-32-28-37(29-33-39)43-21-10-8-19-41(43)35-16-5-2-6-17-35/h3*1-33H/i1D,2D,3D,4D,5D,6D,14D,15D,16D,17D;1D,3D,4D,7D,9D,14D,15D,18D,20D;1D,3D,4D,14D,15D. The van der Waals surface area contributed by atoms with Crippen LogP contribution in [0.3, 0.4) is 0 Å². The summed E-state index contributed by atoms with van der Waals surface area (Å²) in [6.07, 6.45) is 0. The number of furan rings is 3. The van der Waals surface area contributed by atoms with Crippen molar-refractivity contribution in [1.82, 2.24) is 0 Å². The number of para-hydroxylation sites is 6. The summed E-state index contributed by atoms with van der Waals surface area (Å²) in [6, 6.07) is 139. The Morgan fingerprint density at radius 2 is 0.300 bits per heavy atom. The van der Waals surface area contributed by atoms with Crippen molar-refractivity contribution in [2.24, 2.45) is 0 Å². The van der Waals surface area contributed by atoms with Crippen molar-refractivity contribution in [3.63, 3.8) is 0 Å². The van der Waals surface area contributed by atoms with Crippen LogP contribution in [0.15, 0.2) is 613 Å². The van der Waals surface area contributed by atoms with Crippen LogP contribution in [0.1, 0.15) is 32.9 Å². The average molecular weight is 1940 g/mol. The van der Waals surface area contributed by atoms with Crippen LogP contribution < -0.4 is 14.7 Å². The van der Waals surface area contributed by atoms with Crippen LogP contribution in [0.4, 0.5) is 51.2 Å². The number of hydrogen-bond donors (Lipinski definition) is 0. The second kappa shape index (κ2) is 41.4. The SMILES string of the molecule is [2H]c1c([2H])c([2H])c(-c2c([2H])c([2H])c([2H])c([2H])c2-c2ccc(N(c3ccc(-c4ccccc4-c4ccccc4)cc3)c3cccc4c3oc3ccccc34)cc2)c([2H])c1[2H].[2H]c1c([2H])c([2H])c(-c2ccccc2-c2ccc(N(c3ccc(-c4ccccc4-c4c([2H])c([2H])c([2H])c([2H])c4[2H])cc3)c3cccc4c3oc3ccccc34)cc2)c([2H])c1[2H].[2H]c1c([2H])c([2H])c(-c2ccccc2-c2ccc(N(c3ccc(-c4ccccc4-c4ccccc4)cc3)c3cccc4c3oc3ccccc34)cc2)c([2H])c1[2H]. The van der Waals surface area contributed by atoms with E-state index in [9.17, 15) is 0 Å². The molecule has 0 spiro atoms. The maximum absolute atomic E-state index is 9.00. The van der Waals surface area contributed by atoms with Gasteiger partial charge in [0.1, 0.15) is 16.7 Å². The first kappa shape index (κ1) is 68.3. The summed E-state index contributed by atoms with van der Waals surface area (Å²) in [5.74, 6) is 0. The van der Waals surface area contributed by atoms with Gasteiger partial charge in [0, 0.05) is 66.4 Å². The second-order valence-corrected chi connectivity index (χ2v) is 35.8. The van der Waals surface area contributed by atoms with E-state index in [4.69, 9.17) is 46.1 Å². The molecule has 3 heterocycles. The lowest BCUT2D eigenvalue weighted by molar-refractivity contribution is 0.668. The molecule has 0 bridgehead atoms. The lowest BCUT2D eigenvalue weighted by Crippen LogP contribution is -2.10. The molecule has 0 N–H and O–H groups in total. The van der Waals surface area contributed by atoms with E-state index in [1.54, 1.807) is 36.4 Å². The summed E-state index contributed by atoms with van der Waals surface area (Å²) in [7, 11) is 0. The normalized spacial score (nSPS) is 13.4. The van der Waals surface area contributed by atoms with Gasteiger partial charge in [0.05, 0.1) is 50.0 Å². The monoisotopic (exact) mass is 1940 g/mol. The van der Waals surface area contributed by atoms with Gasteiger partial charge >= 0.3 is 0 Å². The molecule has 0 fully saturated rings. The summed E-state index contributed by atoms with van der Waals surface area (Å²) in [6.45, 7) is 0. The van der Waals surface area contributed by atoms with Crippen molar-refractivity contribution in [3.8, 4) is 134 Å². The third kappa shape index (κ3) is 18.2. The highest BCUT2D eigenvalue weighted by Gasteiger charge is 2.27. The predicted molar refractivity (Wildman–Crippen MR) is 630 cm³/mol. The zero-order valence-electron chi connectivity index (χ0n) is 104. The number of fused-ring (bicyclic) bond motifs is 9. The lowest BCUT2D eigenvalue weighted by atomic mass is 9.94. The molecule has 0 unspecified atom stereocenters. The van der Waals surface area contributed by atoms with Crippen molar-refractivity contribution >= 4 is 117 Å². The van der Waals surface area contributed by atoms with Gasteiger partial charge in [-0.3, -0.25) is 0 Å². The highest BCUT2D eigenvalue weighted by Crippen LogP contribution is 2.51. The van der Waals surface area contributed by atoms with Crippen molar-refractivity contribution < 1.29 is 46.1 Å². The molecule has 6 heteroatoms. The number of benzene rings is 24. The maximum atomic E-state index is 9.00. The summed E-state index contributed by atoms with van der Waals surface area (Å²) >= 11 is 0. The molecule has 3 aromatic heterocycles. The molecule has 0 aliphatic heterocycles. The fourth-order valence-electron chi connectivity index (χ4n) is 20.0. The Bertz CT molecular complexity index is 10800. The molecule has 708 valence electrons. The van der Waals surface area contributed by atoms with E-state index in [2.05, 4.69) is 160 Å². The Balaban J connectivity index is 0.000000130. The van der Waals surface area contributed by atoms with Crippen LogP contribution in [0.5, 0.6) is 0 Å². The number of rotatable bonds is 21. The molecule has 0 atom stereocenters. The second-order valence-electron chi connectivity index (χ2n) is 35.8. The first-order valence-corrected chi connectivity index (χ1v) is 49.1. The fraction of sp³-hybridized carbons (Fsp3) is 0. The Morgan fingerprint density at radius 3 is 0.540 bits per heavy atom. The van der Waals surface area contributed by atoms with E-state index in [1.165, 1.54) is 5.56 Å². The number of anilines is 9. The minimum atomic E-state index is -0.598. The molecule has 27 rings (SSSR count). The minimum Gasteiger partial charge on any atom is -0.454 e. The molecule has 27 aromatic rings. The summed E-state index contributed by atoms with van der Waals surface area (Å²) < 4.78 is 223. The quantitative estimate of drug-likeness (QED) is 0.0715. The molecule has 0 aliphatic rings. The summed E-state index contributed by atoms with van der Waals surface area (Å²) in [4.78, 5) is 6.35. The molecule has 0 aliphatic carbocycles. The van der Waals surface area contributed by atoms with Crippen LogP contribution in [0.25, 0.3) is 199 Å². The minimum absolute atomic E-state index is 0.0217. The molecular weight excluding hydrogens is 1820 g/mol. The van der Waals surface area contributed by atoms with Gasteiger partial charge in [0.15, 0.2) is 16.7 Å². The summed E-state index contributed by atoms with van der Waals surface area (Å²) in [5, 5.41) is 5.92. The van der Waals surface area contributed by atoms with Gasteiger partial charge in [-0.25, -0.2) is 0 Å². The lowest BCUT2D eigenvalue weighted by Gasteiger charge is -2.26. The number of nitrogens with zero attached hydrogens (tertiary/aromatic N) is 3. The van der Waals surface area contributed by atoms with Gasteiger partial charge in [0.2, 0.25) is 0 Å². The first-order chi connectivity index (χ1) is 84.4. The van der Waals surface area contributed by atoms with E-state index in [-0.39, 0.29) is 81.7 Å². The Kier molecular flexibility index (Phi) is 18.9. The van der Waals surface area contributed by atoms with Gasteiger partial charge in [-0.15, -0.1) is 0 Å². The highest BCUT2D eigenvalue weighted by atomic mass is 16.3. The fourth-order valence-corrected chi connectivity index (χ4v) is 20.0. The third-order valence-corrected chi connectivity index (χ3v) is 27.0. The van der Waals surface area contributed by atoms with Crippen molar-refractivity contribution in [3.05, 3.63) is 600 Å². The molecule has 0 amide bonds. The highest BCUT2D eigenvalue weighted by molar-refractivity contribution is 6.14. The van der Waals surface area contributed by atoms with E-state index >= 15 is 0 Å². The maximum Gasteiger partial charge on any atom is 0.159 e. The molecule has 150 heavy (non-hydrogen) atoms. The van der Waals surface area contributed by atoms with Gasteiger partial charge < -0.3 is 28.0 Å². The largest absolute Gasteiger partial charge is 0.454 e. The van der Waals surface area contributed by atoms with E-state index in [0.717, 1.165) is 161 Å². The molecule has 0 radical (unpaired) electrons. The molecule has 6 nitrogen and oxygen atoms in total. The zero-order chi connectivity index (χ0) is 121. The van der Waals surface area contributed by atoms with Crippen molar-refractivity contribution in [1.29, 1.82) is 0 Å². The summed E-state index contributed by atoms with van der Waals surface area (Å²) in [5.41, 5.74) is 27.3. The predicted octanol–water partition coefficient (Wildman–Crippen LogP) is 41.2. The van der Waals surface area contributed by atoms with Crippen molar-refractivity contribution in [2.75, 3.05) is 14.7 Å². The smallest absolute Gasteiger partial charge is 0.159 e. The van der Waals surface area contributed by atoms with Gasteiger partial charge in [-0.2, -0.15) is 0 Å². The van der Waals surface area contributed by atoms with Gasteiger partial charge in [0.25, 0.3) is 0 Å². The van der Waals surface area contributed by atoms with Crippen LogP contribution in [-0.2, 0) is 0 Å². The molecule has 24 aromatic carbocycles. The number of hydrogen-bond acceptors (Lipinski definition) is 6. The van der Waals surface area contributed by atoms with Crippen LogP contribution in [0.2, 0.25) is 0 Å². The average Bonchev–Trinajstić information content (AvgIpc) is 1.52. The zero-order valence-corrected chi connectivity index (χ0v) is 80.4. The van der Waals surface area contributed by atoms with E-state index < -0.39 is 96.7 Å². The van der Waals surface area contributed by atoms with E-state index in [0.29, 0.717) is 50.2 Å². The molecule has 0 saturated carbocycles. The Hall–Kier alpha value is -19.9. The van der Waals surface area contributed by atoms with E-state index in [1.807, 2.05) is 273 Å². The van der Waals surface area contributed by atoms with Crippen LogP contribution in [-0.4, -0.2) is 0 Å². The first-order valence-electron chi connectivity index (χ1n) is 61.1.